The first-order chi connectivity index (χ1) is 7.27. The standard InChI is InChI=1S/C11H20N4/c1-9(10-5-3-4-6-10)12-7-11-14-13-8-15(11)2/h8-10,12H,3-7H2,1-2H3. The molecule has 0 amide bonds. The normalized spacial score (nSPS) is 19.6. The second-order valence-electron chi connectivity index (χ2n) is 4.57. The van der Waals surface area contributed by atoms with Crippen LogP contribution in [0.3, 0.4) is 0 Å². The average Bonchev–Trinajstić information content (AvgIpc) is 2.85. The SMILES string of the molecule is CC(NCc1nncn1C)C1CCCC1. The predicted molar refractivity (Wildman–Crippen MR) is 59.3 cm³/mol. The maximum atomic E-state index is 4.06. The monoisotopic (exact) mass is 208 g/mol. The van der Waals surface area contributed by atoms with E-state index in [2.05, 4.69) is 22.4 Å². The molecule has 84 valence electrons. The lowest BCUT2D eigenvalue weighted by Crippen LogP contribution is -2.32. The molecule has 1 atom stereocenters. The second kappa shape index (κ2) is 4.75. The van der Waals surface area contributed by atoms with Crippen LogP contribution in [0.5, 0.6) is 0 Å². The molecule has 1 aliphatic carbocycles. The van der Waals surface area contributed by atoms with Gasteiger partial charge in [0.2, 0.25) is 0 Å². The number of hydrogen-bond acceptors (Lipinski definition) is 3. The van der Waals surface area contributed by atoms with Crippen LogP contribution in [0.25, 0.3) is 0 Å². The van der Waals surface area contributed by atoms with Crippen molar-refractivity contribution in [1.82, 2.24) is 20.1 Å². The third-order valence-corrected chi connectivity index (χ3v) is 3.49. The fourth-order valence-corrected chi connectivity index (χ4v) is 2.34. The van der Waals surface area contributed by atoms with Crippen molar-refractivity contribution in [2.45, 2.75) is 45.2 Å². The molecule has 0 aliphatic heterocycles. The van der Waals surface area contributed by atoms with E-state index in [9.17, 15) is 0 Å². The molecule has 1 aliphatic rings. The maximum absolute atomic E-state index is 4.06. The largest absolute Gasteiger partial charge is 0.320 e. The first kappa shape index (κ1) is 10.6. The molecule has 0 saturated heterocycles. The van der Waals surface area contributed by atoms with Crippen molar-refractivity contribution < 1.29 is 0 Å². The summed E-state index contributed by atoms with van der Waals surface area (Å²) in [4.78, 5) is 0. The van der Waals surface area contributed by atoms with E-state index in [-0.39, 0.29) is 0 Å². The predicted octanol–water partition coefficient (Wildman–Crippen LogP) is 1.48. The van der Waals surface area contributed by atoms with E-state index in [0.29, 0.717) is 6.04 Å². The minimum atomic E-state index is 0.601. The van der Waals surface area contributed by atoms with Gasteiger partial charge in [-0.15, -0.1) is 10.2 Å². The zero-order valence-electron chi connectivity index (χ0n) is 9.61. The minimum Gasteiger partial charge on any atom is -0.320 e. The van der Waals surface area contributed by atoms with Gasteiger partial charge in [-0.25, -0.2) is 0 Å². The van der Waals surface area contributed by atoms with Gasteiger partial charge in [-0.1, -0.05) is 12.8 Å². The van der Waals surface area contributed by atoms with E-state index < -0.39 is 0 Å². The van der Waals surface area contributed by atoms with Crippen molar-refractivity contribution in [3.63, 3.8) is 0 Å². The van der Waals surface area contributed by atoms with Gasteiger partial charge in [-0.3, -0.25) is 0 Å². The summed E-state index contributed by atoms with van der Waals surface area (Å²) in [6.45, 7) is 3.11. The van der Waals surface area contributed by atoms with E-state index in [1.54, 1.807) is 6.33 Å². The lowest BCUT2D eigenvalue weighted by Gasteiger charge is -2.19. The van der Waals surface area contributed by atoms with Crippen LogP contribution >= 0.6 is 0 Å². The highest BCUT2D eigenvalue weighted by Gasteiger charge is 2.21. The maximum Gasteiger partial charge on any atom is 0.146 e. The summed E-state index contributed by atoms with van der Waals surface area (Å²) in [7, 11) is 1.98. The van der Waals surface area contributed by atoms with Crippen LogP contribution in [-0.2, 0) is 13.6 Å². The van der Waals surface area contributed by atoms with Gasteiger partial charge in [0, 0.05) is 13.1 Å². The molecule has 1 aromatic heterocycles. The lowest BCUT2D eigenvalue weighted by molar-refractivity contribution is 0.375. The molecule has 0 spiro atoms. The molecule has 4 nitrogen and oxygen atoms in total. The highest BCUT2D eigenvalue weighted by molar-refractivity contribution is 4.85. The lowest BCUT2D eigenvalue weighted by atomic mass is 10.00. The Labute approximate surface area is 91.1 Å². The van der Waals surface area contributed by atoms with Gasteiger partial charge in [0.15, 0.2) is 0 Å². The Balaban J connectivity index is 1.80. The highest BCUT2D eigenvalue weighted by atomic mass is 15.3. The third kappa shape index (κ3) is 2.56. The van der Waals surface area contributed by atoms with Gasteiger partial charge in [-0.2, -0.15) is 0 Å². The fourth-order valence-electron chi connectivity index (χ4n) is 2.34. The van der Waals surface area contributed by atoms with Crippen LogP contribution < -0.4 is 5.32 Å². The van der Waals surface area contributed by atoms with Gasteiger partial charge in [0.25, 0.3) is 0 Å². The highest BCUT2D eigenvalue weighted by Crippen LogP contribution is 2.27. The Hall–Kier alpha value is -0.900. The van der Waals surface area contributed by atoms with E-state index in [4.69, 9.17) is 0 Å². The molecule has 1 saturated carbocycles. The summed E-state index contributed by atoms with van der Waals surface area (Å²) in [6, 6.07) is 0.601. The average molecular weight is 208 g/mol. The molecule has 1 aromatic rings. The molecule has 0 aromatic carbocycles. The van der Waals surface area contributed by atoms with Crippen LogP contribution in [-0.4, -0.2) is 20.8 Å². The molecular formula is C11H20N4. The third-order valence-electron chi connectivity index (χ3n) is 3.49. The van der Waals surface area contributed by atoms with Crippen LogP contribution in [0.2, 0.25) is 0 Å². The molecule has 15 heavy (non-hydrogen) atoms. The van der Waals surface area contributed by atoms with Crippen molar-refractivity contribution in [1.29, 1.82) is 0 Å². The smallest absolute Gasteiger partial charge is 0.146 e. The Morgan fingerprint density at radius 2 is 2.27 bits per heavy atom. The number of rotatable bonds is 4. The quantitative estimate of drug-likeness (QED) is 0.815. The van der Waals surface area contributed by atoms with Crippen molar-refractivity contribution in [2.24, 2.45) is 13.0 Å². The number of nitrogens with zero attached hydrogens (tertiary/aromatic N) is 3. The van der Waals surface area contributed by atoms with Crippen LogP contribution in [0.4, 0.5) is 0 Å². The molecule has 2 rings (SSSR count). The molecule has 4 heteroatoms. The second-order valence-corrected chi connectivity index (χ2v) is 4.57. The van der Waals surface area contributed by atoms with Gasteiger partial charge in [-0.05, 0) is 25.7 Å². The van der Waals surface area contributed by atoms with Crippen molar-refractivity contribution in [2.75, 3.05) is 0 Å². The zero-order valence-corrected chi connectivity index (χ0v) is 9.61. The summed E-state index contributed by atoms with van der Waals surface area (Å²) in [5.74, 6) is 1.87. The molecule has 1 fully saturated rings. The number of aryl methyl sites for hydroxylation is 1. The molecule has 1 unspecified atom stereocenters. The zero-order chi connectivity index (χ0) is 10.7. The Morgan fingerprint density at radius 1 is 1.53 bits per heavy atom. The van der Waals surface area contributed by atoms with Crippen molar-refractivity contribution >= 4 is 0 Å². The van der Waals surface area contributed by atoms with Crippen molar-refractivity contribution in [3.05, 3.63) is 12.2 Å². The van der Waals surface area contributed by atoms with Gasteiger partial charge in [0.05, 0.1) is 6.54 Å². The van der Waals surface area contributed by atoms with Crippen LogP contribution in [0.1, 0.15) is 38.4 Å². The van der Waals surface area contributed by atoms with Gasteiger partial charge < -0.3 is 9.88 Å². The number of nitrogens with one attached hydrogen (secondary N) is 1. The van der Waals surface area contributed by atoms with Crippen molar-refractivity contribution in [3.8, 4) is 0 Å². The Kier molecular flexibility index (Phi) is 3.36. The van der Waals surface area contributed by atoms with E-state index >= 15 is 0 Å². The molecule has 1 heterocycles. The van der Waals surface area contributed by atoms with E-state index in [1.165, 1.54) is 25.7 Å². The number of hydrogen-bond donors (Lipinski definition) is 1. The minimum absolute atomic E-state index is 0.601. The van der Waals surface area contributed by atoms with E-state index in [1.807, 2.05) is 11.6 Å². The molecular weight excluding hydrogens is 188 g/mol. The van der Waals surface area contributed by atoms with Gasteiger partial charge >= 0.3 is 0 Å². The van der Waals surface area contributed by atoms with Gasteiger partial charge in [0.1, 0.15) is 12.2 Å². The van der Waals surface area contributed by atoms with Crippen LogP contribution in [0, 0.1) is 5.92 Å². The number of aromatic nitrogens is 3. The first-order valence-electron chi connectivity index (χ1n) is 5.83. The summed E-state index contributed by atoms with van der Waals surface area (Å²) in [6.07, 6.45) is 7.32. The van der Waals surface area contributed by atoms with E-state index in [0.717, 1.165) is 18.3 Å². The topological polar surface area (TPSA) is 42.7 Å². The fraction of sp³-hybridized carbons (Fsp3) is 0.818. The molecule has 0 radical (unpaired) electrons. The Morgan fingerprint density at radius 3 is 2.87 bits per heavy atom. The summed E-state index contributed by atoms with van der Waals surface area (Å²) in [5.41, 5.74) is 0. The molecule has 0 bridgehead atoms. The van der Waals surface area contributed by atoms with Crippen LogP contribution in [0.15, 0.2) is 6.33 Å². The first-order valence-corrected chi connectivity index (χ1v) is 5.83. The molecule has 1 N–H and O–H groups in total. The summed E-state index contributed by atoms with van der Waals surface area (Å²) in [5, 5.41) is 11.5. The summed E-state index contributed by atoms with van der Waals surface area (Å²) >= 11 is 0. The summed E-state index contributed by atoms with van der Waals surface area (Å²) < 4.78 is 1.97. The Bertz CT molecular complexity index is 301.